The highest BCUT2D eigenvalue weighted by atomic mass is 16.5. The third kappa shape index (κ3) is 6.64. The molecule has 3 aromatic rings. The molecular weight excluding hydrogens is 548 g/mol. The summed E-state index contributed by atoms with van der Waals surface area (Å²) in [7, 11) is 1.22. The van der Waals surface area contributed by atoms with Crippen LogP contribution >= 0.6 is 0 Å². The highest BCUT2D eigenvalue weighted by Crippen LogP contribution is 2.44. The summed E-state index contributed by atoms with van der Waals surface area (Å²) in [6.45, 7) is 1.16. The summed E-state index contributed by atoms with van der Waals surface area (Å²) >= 11 is 0. The second-order valence-electron chi connectivity index (χ2n) is 10.1. The molecule has 0 saturated carbocycles. The molecule has 0 spiro atoms. The van der Waals surface area contributed by atoms with Crippen molar-refractivity contribution < 1.29 is 28.7 Å². The number of esters is 1. The fraction of sp³-hybridized carbons (Fsp3) is 0.242. The smallest absolute Gasteiger partial charge is 0.407 e. The van der Waals surface area contributed by atoms with E-state index in [0.717, 1.165) is 27.8 Å². The van der Waals surface area contributed by atoms with Gasteiger partial charge in [0.15, 0.2) is 0 Å². The molecule has 3 amide bonds. The van der Waals surface area contributed by atoms with E-state index in [1.54, 1.807) is 13.0 Å². The second kappa shape index (κ2) is 13.2. The Labute approximate surface area is 249 Å². The van der Waals surface area contributed by atoms with Gasteiger partial charge in [-0.1, -0.05) is 78.9 Å². The molecule has 0 saturated heterocycles. The predicted octanol–water partition coefficient (Wildman–Crippen LogP) is 3.83. The molecule has 0 aromatic heterocycles. The number of ether oxygens (including phenoxy) is 2. The van der Waals surface area contributed by atoms with Crippen LogP contribution in [0.2, 0.25) is 0 Å². The van der Waals surface area contributed by atoms with Crippen molar-refractivity contribution in [2.24, 2.45) is 4.99 Å². The molecule has 1 aliphatic carbocycles. The molecule has 10 heteroatoms. The van der Waals surface area contributed by atoms with Gasteiger partial charge < -0.3 is 19.7 Å². The molecule has 43 heavy (non-hydrogen) atoms. The van der Waals surface area contributed by atoms with Gasteiger partial charge in [0.25, 0.3) is 5.91 Å². The molecule has 0 atom stereocenters. The molecule has 0 radical (unpaired) electrons. The van der Waals surface area contributed by atoms with E-state index in [0.29, 0.717) is 5.84 Å². The van der Waals surface area contributed by atoms with Gasteiger partial charge in [-0.25, -0.2) is 9.79 Å². The number of methoxy groups -OCH3 is 1. The number of carbonyl (C=O) groups is 4. The van der Waals surface area contributed by atoms with Gasteiger partial charge in [-0.05, 0) is 40.8 Å². The zero-order valence-electron chi connectivity index (χ0n) is 24.0. The van der Waals surface area contributed by atoms with Crippen LogP contribution in [0.3, 0.4) is 0 Å². The van der Waals surface area contributed by atoms with Crippen molar-refractivity contribution in [2.45, 2.75) is 12.8 Å². The SMILES string of the molecule is COC(=O)CN(CCNC(=O)OCC1c2ccccc2-c2ccccc21)C(=O)CN1C(=O)/C(=C\c2ccccc2)N=C1C. The van der Waals surface area contributed by atoms with Gasteiger partial charge in [0, 0.05) is 19.0 Å². The summed E-state index contributed by atoms with van der Waals surface area (Å²) < 4.78 is 10.3. The van der Waals surface area contributed by atoms with Crippen molar-refractivity contribution in [3.63, 3.8) is 0 Å². The molecule has 220 valence electrons. The number of fused-ring (bicyclic) bond motifs is 3. The van der Waals surface area contributed by atoms with E-state index in [4.69, 9.17) is 9.47 Å². The number of hydrogen-bond donors (Lipinski definition) is 1. The molecule has 0 fully saturated rings. The van der Waals surface area contributed by atoms with Crippen LogP contribution in [-0.2, 0) is 23.9 Å². The van der Waals surface area contributed by atoms with Crippen molar-refractivity contribution in [1.82, 2.24) is 15.1 Å². The van der Waals surface area contributed by atoms with Crippen molar-refractivity contribution in [1.29, 1.82) is 0 Å². The number of benzene rings is 3. The predicted molar refractivity (Wildman–Crippen MR) is 161 cm³/mol. The lowest BCUT2D eigenvalue weighted by atomic mass is 9.98. The van der Waals surface area contributed by atoms with Gasteiger partial charge in [0.1, 0.15) is 31.2 Å². The lowest BCUT2D eigenvalue weighted by molar-refractivity contribution is -0.147. The quantitative estimate of drug-likeness (QED) is 0.288. The lowest BCUT2D eigenvalue weighted by Crippen LogP contribution is -2.47. The first-order valence-electron chi connectivity index (χ1n) is 13.9. The zero-order valence-corrected chi connectivity index (χ0v) is 24.0. The van der Waals surface area contributed by atoms with Crippen LogP contribution in [0.25, 0.3) is 17.2 Å². The molecule has 0 bridgehead atoms. The third-order valence-corrected chi connectivity index (χ3v) is 7.43. The number of alkyl carbamates (subject to hydrolysis) is 1. The van der Waals surface area contributed by atoms with Gasteiger partial charge in [0.2, 0.25) is 5.91 Å². The minimum atomic E-state index is -0.638. The summed E-state index contributed by atoms with van der Waals surface area (Å²) in [4.78, 5) is 57.7. The molecule has 0 unspecified atom stereocenters. The Hall–Kier alpha value is -5.25. The van der Waals surface area contributed by atoms with Gasteiger partial charge in [-0.2, -0.15) is 0 Å². The maximum Gasteiger partial charge on any atom is 0.407 e. The number of rotatable bonds is 10. The van der Waals surface area contributed by atoms with Gasteiger partial charge in [0.05, 0.1) is 7.11 Å². The van der Waals surface area contributed by atoms with E-state index < -0.39 is 23.9 Å². The summed E-state index contributed by atoms with van der Waals surface area (Å²) in [5, 5.41) is 2.66. The molecular formula is C33H32N4O6. The molecule has 2 aliphatic rings. The first kappa shape index (κ1) is 29.2. The number of carbonyl (C=O) groups excluding carboxylic acids is 4. The Bertz CT molecular complexity index is 1550. The number of amides is 3. The zero-order chi connectivity index (χ0) is 30.3. The minimum absolute atomic E-state index is 0.00304. The van der Waals surface area contributed by atoms with E-state index in [1.807, 2.05) is 66.7 Å². The minimum Gasteiger partial charge on any atom is -0.468 e. The largest absolute Gasteiger partial charge is 0.468 e. The normalized spacial score (nSPS) is 14.7. The van der Waals surface area contributed by atoms with Gasteiger partial charge in [-0.15, -0.1) is 0 Å². The average molecular weight is 581 g/mol. The van der Waals surface area contributed by atoms with Crippen LogP contribution in [-0.4, -0.2) is 79.4 Å². The van der Waals surface area contributed by atoms with Crippen LogP contribution in [0.15, 0.2) is 89.6 Å². The van der Waals surface area contributed by atoms with Crippen LogP contribution in [0.1, 0.15) is 29.5 Å². The Morgan fingerprint density at radius 3 is 2.23 bits per heavy atom. The number of nitrogens with zero attached hydrogens (tertiary/aromatic N) is 3. The van der Waals surface area contributed by atoms with E-state index in [1.165, 1.54) is 16.9 Å². The molecule has 10 nitrogen and oxygen atoms in total. The number of amidine groups is 1. The summed E-state index contributed by atoms with van der Waals surface area (Å²) in [5.74, 6) is -1.25. The van der Waals surface area contributed by atoms with Gasteiger partial charge in [-0.3, -0.25) is 19.3 Å². The summed E-state index contributed by atoms with van der Waals surface area (Å²) in [6.07, 6.45) is 1.02. The van der Waals surface area contributed by atoms with Crippen LogP contribution < -0.4 is 5.32 Å². The second-order valence-corrected chi connectivity index (χ2v) is 10.1. The highest BCUT2D eigenvalue weighted by molar-refractivity contribution is 6.15. The Balaban J connectivity index is 1.16. The highest BCUT2D eigenvalue weighted by Gasteiger charge is 2.32. The summed E-state index contributed by atoms with van der Waals surface area (Å²) in [5.41, 5.74) is 5.48. The van der Waals surface area contributed by atoms with Crippen molar-refractivity contribution >= 4 is 35.8 Å². The fourth-order valence-corrected chi connectivity index (χ4v) is 5.25. The number of aliphatic imine (C=N–C) groups is 1. The van der Waals surface area contributed by atoms with Crippen LogP contribution in [0.5, 0.6) is 0 Å². The first-order valence-corrected chi connectivity index (χ1v) is 13.9. The molecule has 1 heterocycles. The lowest BCUT2D eigenvalue weighted by Gasteiger charge is -2.24. The molecule has 5 rings (SSSR count). The first-order chi connectivity index (χ1) is 20.9. The third-order valence-electron chi connectivity index (χ3n) is 7.43. The van der Waals surface area contributed by atoms with Crippen LogP contribution in [0, 0.1) is 0 Å². The molecule has 1 aliphatic heterocycles. The van der Waals surface area contributed by atoms with E-state index in [-0.39, 0.29) is 44.4 Å². The average Bonchev–Trinajstić information content (AvgIpc) is 3.48. The van der Waals surface area contributed by atoms with E-state index >= 15 is 0 Å². The maximum absolute atomic E-state index is 13.2. The number of hydrogen-bond acceptors (Lipinski definition) is 7. The van der Waals surface area contributed by atoms with Crippen molar-refractivity contribution in [3.8, 4) is 11.1 Å². The Morgan fingerprint density at radius 1 is 0.953 bits per heavy atom. The van der Waals surface area contributed by atoms with E-state index in [2.05, 4.69) is 22.4 Å². The number of nitrogens with one attached hydrogen (secondary N) is 1. The topological polar surface area (TPSA) is 118 Å². The Kier molecular flexibility index (Phi) is 8.95. The van der Waals surface area contributed by atoms with E-state index in [9.17, 15) is 19.2 Å². The Morgan fingerprint density at radius 2 is 1.58 bits per heavy atom. The monoisotopic (exact) mass is 580 g/mol. The summed E-state index contributed by atoms with van der Waals surface area (Å²) in [6, 6.07) is 25.4. The molecule has 1 N–H and O–H groups in total. The maximum atomic E-state index is 13.2. The standard InChI is InChI=1S/C33H32N4O6/c1-22-35-29(18-23-10-4-3-5-11-23)32(40)37(22)19-30(38)36(20-31(39)42-2)17-16-34-33(41)43-21-28-26-14-8-6-12-24(26)25-13-7-9-15-27(25)28/h3-15,18,28H,16-17,19-21H2,1-2H3,(H,34,41)/b29-18+. The van der Waals surface area contributed by atoms with Crippen molar-refractivity contribution in [3.05, 3.63) is 101 Å². The molecule has 3 aromatic carbocycles. The van der Waals surface area contributed by atoms with Gasteiger partial charge >= 0.3 is 12.1 Å². The van der Waals surface area contributed by atoms with Crippen molar-refractivity contribution in [2.75, 3.05) is 39.9 Å². The fourth-order valence-electron chi connectivity index (χ4n) is 5.25. The van der Waals surface area contributed by atoms with Crippen LogP contribution in [0.4, 0.5) is 4.79 Å².